The third kappa shape index (κ3) is 4.28. The summed E-state index contributed by atoms with van der Waals surface area (Å²) in [5.74, 6) is -0.468. The Labute approximate surface area is 182 Å². The molecule has 0 spiro atoms. The first-order valence-corrected chi connectivity index (χ1v) is 10.6. The van der Waals surface area contributed by atoms with E-state index in [-0.39, 0.29) is 27.5 Å². The molecule has 30 heavy (non-hydrogen) atoms. The van der Waals surface area contributed by atoms with Crippen LogP contribution >= 0.6 is 23.1 Å². The van der Waals surface area contributed by atoms with Gasteiger partial charge in [-0.15, -0.1) is 0 Å². The standard InChI is InChI=1S/C20H20ClFN6OS/c1-11-7-12(23)10-28(9-11)16-5-6-24-8-15(16)25-19(29)20-26-18(27-30-20)17-13(21)3-2-4-14(17)22/h2-6,8,11-12H,7,9-10,23H2,1H3,(H,25,29)/t11-,12+/m1/s1. The van der Waals surface area contributed by atoms with Gasteiger partial charge in [0.05, 0.1) is 28.2 Å². The largest absolute Gasteiger partial charge is 0.368 e. The van der Waals surface area contributed by atoms with Gasteiger partial charge in [-0.25, -0.2) is 9.37 Å². The van der Waals surface area contributed by atoms with Crippen molar-refractivity contribution in [2.75, 3.05) is 23.3 Å². The van der Waals surface area contributed by atoms with Gasteiger partial charge in [0.15, 0.2) is 5.82 Å². The van der Waals surface area contributed by atoms with Gasteiger partial charge in [0.25, 0.3) is 5.91 Å². The number of aromatic nitrogens is 3. The molecule has 1 amide bonds. The fraction of sp³-hybridized carbons (Fsp3) is 0.300. The van der Waals surface area contributed by atoms with Gasteiger partial charge in [0.2, 0.25) is 5.01 Å². The summed E-state index contributed by atoms with van der Waals surface area (Å²) in [6.07, 6.45) is 4.24. The smallest absolute Gasteiger partial charge is 0.286 e. The van der Waals surface area contributed by atoms with E-state index in [1.807, 2.05) is 6.07 Å². The molecule has 2 atom stereocenters. The maximum Gasteiger partial charge on any atom is 0.286 e. The molecule has 3 N–H and O–H groups in total. The number of rotatable bonds is 4. The molecule has 7 nitrogen and oxygen atoms in total. The number of pyridine rings is 1. The highest BCUT2D eigenvalue weighted by atomic mass is 35.5. The number of carbonyl (C=O) groups excluding carboxylic acids is 1. The number of hydrogen-bond donors (Lipinski definition) is 2. The van der Waals surface area contributed by atoms with Gasteiger partial charge in [-0.05, 0) is 42.1 Å². The van der Waals surface area contributed by atoms with Gasteiger partial charge in [-0.3, -0.25) is 9.78 Å². The van der Waals surface area contributed by atoms with Gasteiger partial charge in [0, 0.05) is 25.3 Å². The summed E-state index contributed by atoms with van der Waals surface area (Å²) >= 11 is 6.95. The molecule has 10 heteroatoms. The van der Waals surface area contributed by atoms with Crippen molar-refractivity contribution in [3.63, 3.8) is 0 Å². The van der Waals surface area contributed by atoms with Gasteiger partial charge in [-0.2, -0.15) is 4.37 Å². The van der Waals surface area contributed by atoms with Crippen LogP contribution < -0.4 is 16.0 Å². The predicted octanol–water partition coefficient (Wildman–Crippen LogP) is 3.82. The second-order valence-electron chi connectivity index (χ2n) is 7.37. The highest BCUT2D eigenvalue weighted by Crippen LogP contribution is 2.31. The van der Waals surface area contributed by atoms with Crippen molar-refractivity contribution >= 4 is 40.4 Å². The van der Waals surface area contributed by atoms with Crippen LogP contribution in [-0.2, 0) is 0 Å². The number of halogens is 2. The maximum atomic E-state index is 14.1. The highest BCUT2D eigenvalue weighted by Gasteiger charge is 2.25. The molecular formula is C20H20ClFN6OS. The fourth-order valence-electron chi connectivity index (χ4n) is 3.66. The lowest BCUT2D eigenvalue weighted by atomic mass is 9.96. The van der Waals surface area contributed by atoms with Crippen LogP contribution in [0.1, 0.15) is 23.1 Å². The van der Waals surface area contributed by atoms with E-state index >= 15 is 0 Å². The summed E-state index contributed by atoms with van der Waals surface area (Å²) in [6.45, 7) is 3.70. The lowest BCUT2D eigenvalue weighted by molar-refractivity contribution is 0.102. The quantitative estimate of drug-likeness (QED) is 0.632. The van der Waals surface area contributed by atoms with Crippen molar-refractivity contribution in [3.05, 3.63) is 52.5 Å². The van der Waals surface area contributed by atoms with Crippen LogP contribution in [0.3, 0.4) is 0 Å². The number of nitrogens with one attached hydrogen (secondary N) is 1. The molecule has 3 heterocycles. The molecule has 1 saturated heterocycles. The minimum atomic E-state index is -0.544. The minimum Gasteiger partial charge on any atom is -0.368 e. The number of anilines is 2. The molecule has 0 radical (unpaired) electrons. The lowest BCUT2D eigenvalue weighted by Gasteiger charge is -2.37. The first-order valence-electron chi connectivity index (χ1n) is 9.46. The number of nitrogens with zero attached hydrogens (tertiary/aromatic N) is 4. The van der Waals surface area contributed by atoms with Crippen LogP contribution in [0, 0.1) is 11.7 Å². The van der Waals surface area contributed by atoms with E-state index in [0.717, 1.165) is 30.2 Å². The normalized spacial score (nSPS) is 19.0. The molecule has 1 aromatic carbocycles. The van der Waals surface area contributed by atoms with Crippen LogP contribution in [-0.4, -0.2) is 39.4 Å². The summed E-state index contributed by atoms with van der Waals surface area (Å²) in [5.41, 5.74) is 7.66. The molecule has 2 aromatic heterocycles. The third-order valence-corrected chi connectivity index (χ3v) is 5.91. The van der Waals surface area contributed by atoms with Crippen LogP contribution in [0.2, 0.25) is 5.02 Å². The van der Waals surface area contributed by atoms with Crippen molar-refractivity contribution in [3.8, 4) is 11.4 Å². The Morgan fingerprint density at radius 3 is 2.97 bits per heavy atom. The Morgan fingerprint density at radius 2 is 2.20 bits per heavy atom. The Balaban J connectivity index is 1.57. The highest BCUT2D eigenvalue weighted by molar-refractivity contribution is 7.08. The second kappa shape index (κ2) is 8.63. The molecule has 1 aliphatic heterocycles. The van der Waals surface area contributed by atoms with E-state index in [4.69, 9.17) is 17.3 Å². The number of carbonyl (C=O) groups is 1. The van der Waals surface area contributed by atoms with E-state index in [9.17, 15) is 9.18 Å². The Kier molecular flexibility index (Phi) is 5.94. The summed E-state index contributed by atoms with van der Waals surface area (Å²) in [7, 11) is 0. The van der Waals surface area contributed by atoms with E-state index in [1.165, 1.54) is 12.1 Å². The first-order chi connectivity index (χ1) is 14.4. The topological polar surface area (TPSA) is 97.0 Å². The Morgan fingerprint density at radius 1 is 1.37 bits per heavy atom. The van der Waals surface area contributed by atoms with E-state index in [0.29, 0.717) is 18.2 Å². The average Bonchev–Trinajstić information content (AvgIpc) is 3.17. The van der Waals surface area contributed by atoms with Crippen molar-refractivity contribution in [2.45, 2.75) is 19.4 Å². The fourth-order valence-corrected chi connectivity index (χ4v) is 4.47. The average molecular weight is 447 g/mol. The molecule has 1 aliphatic rings. The molecule has 0 aliphatic carbocycles. The van der Waals surface area contributed by atoms with Gasteiger partial charge >= 0.3 is 0 Å². The van der Waals surface area contributed by atoms with Crippen molar-refractivity contribution in [2.24, 2.45) is 11.7 Å². The van der Waals surface area contributed by atoms with E-state index in [1.54, 1.807) is 18.5 Å². The van der Waals surface area contributed by atoms with E-state index < -0.39 is 11.7 Å². The summed E-state index contributed by atoms with van der Waals surface area (Å²) in [4.78, 5) is 23.3. The van der Waals surface area contributed by atoms with Gasteiger partial charge < -0.3 is 16.0 Å². The summed E-state index contributed by atoms with van der Waals surface area (Å²) in [6, 6.07) is 6.24. The summed E-state index contributed by atoms with van der Waals surface area (Å²) < 4.78 is 18.2. The van der Waals surface area contributed by atoms with Crippen molar-refractivity contribution in [1.29, 1.82) is 0 Å². The third-order valence-electron chi connectivity index (χ3n) is 4.89. The zero-order chi connectivity index (χ0) is 21.3. The van der Waals surface area contributed by atoms with E-state index in [2.05, 4.69) is 31.5 Å². The lowest BCUT2D eigenvalue weighted by Crippen LogP contribution is -2.46. The predicted molar refractivity (Wildman–Crippen MR) is 116 cm³/mol. The Hall–Kier alpha value is -2.62. The zero-order valence-electron chi connectivity index (χ0n) is 16.2. The number of amides is 1. The molecule has 4 rings (SSSR count). The molecule has 1 fully saturated rings. The van der Waals surface area contributed by atoms with Crippen LogP contribution in [0.4, 0.5) is 15.8 Å². The molecule has 0 unspecified atom stereocenters. The minimum absolute atomic E-state index is 0.0710. The first kappa shape index (κ1) is 20.6. The van der Waals surface area contributed by atoms with Crippen LogP contribution in [0.15, 0.2) is 36.7 Å². The zero-order valence-corrected chi connectivity index (χ0v) is 17.8. The molecular weight excluding hydrogens is 427 g/mol. The molecule has 3 aromatic rings. The number of hydrogen-bond acceptors (Lipinski definition) is 7. The van der Waals surface area contributed by atoms with Gasteiger partial charge in [-0.1, -0.05) is 24.6 Å². The monoisotopic (exact) mass is 446 g/mol. The van der Waals surface area contributed by atoms with Crippen LogP contribution in [0.25, 0.3) is 11.4 Å². The molecule has 156 valence electrons. The molecule has 0 saturated carbocycles. The maximum absolute atomic E-state index is 14.1. The SMILES string of the molecule is C[C@@H]1C[C@H](N)CN(c2ccncc2NC(=O)c2nc(-c3c(F)cccc3Cl)ns2)C1. The van der Waals surface area contributed by atoms with Gasteiger partial charge in [0.1, 0.15) is 5.82 Å². The summed E-state index contributed by atoms with van der Waals surface area (Å²) in [5, 5.41) is 3.13. The van der Waals surface area contributed by atoms with Crippen molar-refractivity contribution in [1.82, 2.24) is 14.3 Å². The number of benzene rings is 1. The Bertz CT molecular complexity index is 1050. The van der Waals surface area contributed by atoms with Crippen molar-refractivity contribution < 1.29 is 9.18 Å². The number of nitrogens with two attached hydrogens (primary N) is 1. The number of piperidine rings is 1. The second-order valence-corrected chi connectivity index (χ2v) is 8.53. The molecule has 0 bridgehead atoms. The van der Waals surface area contributed by atoms with Crippen LogP contribution in [0.5, 0.6) is 0 Å².